The van der Waals surface area contributed by atoms with Gasteiger partial charge in [-0.05, 0) is 30.4 Å². The Morgan fingerprint density at radius 3 is 2.33 bits per heavy atom. The van der Waals surface area contributed by atoms with Crippen LogP contribution in [0.5, 0.6) is 0 Å². The van der Waals surface area contributed by atoms with Crippen molar-refractivity contribution in [1.82, 2.24) is 0 Å². The highest BCUT2D eigenvalue weighted by Crippen LogP contribution is 2.08. The normalized spacial score (nSPS) is 12.4. The first-order valence-corrected chi connectivity index (χ1v) is 5.19. The van der Waals surface area contributed by atoms with Crippen molar-refractivity contribution in [1.29, 1.82) is 0 Å². The predicted molar refractivity (Wildman–Crippen MR) is 59.8 cm³/mol. The zero-order chi connectivity index (χ0) is 11.3. The van der Waals surface area contributed by atoms with E-state index in [1.807, 2.05) is 12.1 Å². The molecule has 0 bridgehead atoms. The van der Waals surface area contributed by atoms with Crippen LogP contribution in [0, 0.1) is 0 Å². The summed E-state index contributed by atoms with van der Waals surface area (Å²) in [5, 5.41) is 8.62. The van der Waals surface area contributed by atoms with Gasteiger partial charge in [0.25, 0.3) is 0 Å². The quantitative estimate of drug-likeness (QED) is 0.770. The highest BCUT2D eigenvalue weighted by atomic mass is 16.4. The molecule has 0 amide bonds. The van der Waals surface area contributed by atoms with Crippen LogP contribution in [0.25, 0.3) is 0 Å². The fraction of sp³-hybridized carbons (Fsp3) is 0.417. The van der Waals surface area contributed by atoms with E-state index in [9.17, 15) is 4.79 Å². The lowest BCUT2D eigenvalue weighted by atomic mass is 10.0. The molecular weight excluding hydrogens is 190 g/mol. The number of aliphatic carboxylic acids is 1. The fourth-order valence-electron chi connectivity index (χ4n) is 1.39. The molecule has 0 aliphatic carbocycles. The first kappa shape index (κ1) is 11.7. The summed E-state index contributed by atoms with van der Waals surface area (Å²) in [6.45, 7) is 2.11. The standard InChI is InChI=1S/C12H17NO2/c1-2-9-3-5-10(6-4-9)7-8-11(13)12(14)15/h3-6,11H,2,7-8,13H2,1H3,(H,14,15)/t11-/m0/s1. The molecule has 1 atom stereocenters. The Bertz CT molecular complexity index is 319. The summed E-state index contributed by atoms with van der Waals surface area (Å²) in [4.78, 5) is 10.5. The van der Waals surface area contributed by atoms with Gasteiger partial charge < -0.3 is 10.8 Å². The Balaban J connectivity index is 2.47. The molecule has 1 aromatic carbocycles. The third kappa shape index (κ3) is 3.72. The summed E-state index contributed by atoms with van der Waals surface area (Å²) in [7, 11) is 0. The van der Waals surface area contributed by atoms with Crippen molar-refractivity contribution in [3.8, 4) is 0 Å². The third-order valence-corrected chi connectivity index (χ3v) is 2.49. The first-order valence-electron chi connectivity index (χ1n) is 5.19. The number of benzene rings is 1. The van der Waals surface area contributed by atoms with Gasteiger partial charge in [0, 0.05) is 0 Å². The van der Waals surface area contributed by atoms with E-state index in [0.29, 0.717) is 6.42 Å². The van der Waals surface area contributed by atoms with Crippen LogP contribution < -0.4 is 5.73 Å². The maximum Gasteiger partial charge on any atom is 0.320 e. The lowest BCUT2D eigenvalue weighted by molar-refractivity contribution is -0.138. The van der Waals surface area contributed by atoms with Gasteiger partial charge in [-0.3, -0.25) is 4.79 Å². The molecule has 1 rings (SSSR count). The van der Waals surface area contributed by atoms with Crippen LogP contribution in [0.4, 0.5) is 0 Å². The van der Waals surface area contributed by atoms with Crippen molar-refractivity contribution >= 4 is 5.97 Å². The summed E-state index contributed by atoms with van der Waals surface area (Å²) in [6, 6.07) is 7.46. The number of carbonyl (C=O) groups is 1. The van der Waals surface area contributed by atoms with Gasteiger partial charge in [0.15, 0.2) is 0 Å². The van der Waals surface area contributed by atoms with Gasteiger partial charge in [0.05, 0.1) is 0 Å². The van der Waals surface area contributed by atoms with Gasteiger partial charge in [0.2, 0.25) is 0 Å². The van der Waals surface area contributed by atoms with E-state index in [1.54, 1.807) is 0 Å². The molecular formula is C12H17NO2. The minimum absolute atomic E-state index is 0.487. The van der Waals surface area contributed by atoms with E-state index in [2.05, 4.69) is 19.1 Å². The average molecular weight is 207 g/mol. The Morgan fingerprint density at radius 2 is 1.87 bits per heavy atom. The number of nitrogens with two attached hydrogens (primary N) is 1. The van der Waals surface area contributed by atoms with Crippen molar-refractivity contribution < 1.29 is 9.90 Å². The molecule has 0 saturated heterocycles. The van der Waals surface area contributed by atoms with E-state index in [4.69, 9.17) is 10.8 Å². The number of aryl methyl sites for hydroxylation is 2. The molecule has 0 aliphatic rings. The summed E-state index contributed by atoms with van der Waals surface area (Å²) in [5.74, 6) is -0.930. The number of carboxylic acid groups (broad SMARTS) is 1. The second-order valence-corrected chi connectivity index (χ2v) is 3.65. The second-order valence-electron chi connectivity index (χ2n) is 3.65. The molecule has 0 aromatic heterocycles. The molecule has 0 heterocycles. The van der Waals surface area contributed by atoms with Gasteiger partial charge in [-0.25, -0.2) is 0 Å². The van der Waals surface area contributed by atoms with E-state index in [0.717, 1.165) is 18.4 Å². The van der Waals surface area contributed by atoms with Crippen LogP contribution in [0.15, 0.2) is 24.3 Å². The number of hydrogen-bond donors (Lipinski definition) is 2. The highest BCUT2D eigenvalue weighted by Gasteiger charge is 2.10. The SMILES string of the molecule is CCc1ccc(CC[C@H](N)C(=O)O)cc1. The zero-order valence-electron chi connectivity index (χ0n) is 8.94. The van der Waals surface area contributed by atoms with Gasteiger partial charge in [0.1, 0.15) is 6.04 Å². The van der Waals surface area contributed by atoms with Crippen LogP contribution in [0.2, 0.25) is 0 Å². The molecule has 15 heavy (non-hydrogen) atoms. The molecule has 0 saturated carbocycles. The van der Waals surface area contributed by atoms with Crippen LogP contribution in [0.3, 0.4) is 0 Å². The average Bonchev–Trinajstić information content (AvgIpc) is 2.26. The summed E-state index contributed by atoms with van der Waals surface area (Å²) in [5.41, 5.74) is 7.86. The molecule has 82 valence electrons. The smallest absolute Gasteiger partial charge is 0.320 e. The van der Waals surface area contributed by atoms with Gasteiger partial charge >= 0.3 is 5.97 Å². The number of rotatable bonds is 5. The van der Waals surface area contributed by atoms with Gasteiger partial charge in [-0.1, -0.05) is 31.2 Å². The molecule has 0 radical (unpaired) electrons. The lowest BCUT2D eigenvalue weighted by Gasteiger charge is -2.06. The van der Waals surface area contributed by atoms with Crippen molar-refractivity contribution in [2.45, 2.75) is 32.2 Å². The van der Waals surface area contributed by atoms with Gasteiger partial charge in [-0.15, -0.1) is 0 Å². The minimum Gasteiger partial charge on any atom is -0.480 e. The van der Waals surface area contributed by atoms with Gasteiger partial charge in [-0.2, -0.15) is 0 Å². The van der Waals surface area contributed by atoms with E-state index < -0.39 is 12.0 Å². The maximum absolute atomic E-state index is 10.5. The second kappa shape index (κ2) is 5.51. The Labute approximate surface area is 89.9 Å². The topological polar surface area (TPSA) is 63.3 Å². The molecule has 3 nitrogen and oxygen atoms in total. The molecule has 3 heteroatoms. The minimum atomic E-state index is -0.930. The Hall–Kier alpha value is -1.35. The number of hydrogen-bond acceptors (Lipinski definition) is 2. The molecule has 0 aliphatic heterocycles. The number of carboxylic acids is 1. The maximum atomic E-state index is 10.5. The Morgan fingerprint density at radius 1 is 1.33 bits per heavy atom. The third-order valence-electron chi connectivity index (χ3n) is 2.49. The molecule has 0 fully saturated rings. The molecule has 3 N–H and O–H groups in total. The van der Waals surface area contributed by atoms with Crippen LogP contribution in [0.1, 0.15) is 24.5 Å². The molecule has 0 spiro atoms. The van der Waals surface area contributed by atoms with Crippen molar-refractivity contribution in [3.63, 3.8) is 0 Å². The molecule has 1 aromatic rings. The van der Waals surface area contributed by atoms with Crippen LogP contribution >= 0.6 is 0 Å². The van der Waals surface area contributed by atoms with E-state index in [1.165, 1.54) is 5.56 Å². The molecule has 0 unspecified atom stereocenters. The van der Waals surface area contributed by atoms with Crippen LogP contribution in [-0.2, 0) is 17.6 Å². The van der Waals surface area contributed by atoms with E-state index in [-0.39, 0.29) is 0 Å². The van der Waals surface area contributed by atoms with E-state index >= 15 is 0 Å². The van der Waals surface area contributed by atoms with Crippen molar-refractivity contribution in [2.75, 3.05) is 0 Å². The summed E-state index contributed by atoms with van der Waals surface area (Å²) >= 11 is 0. The largest absolute Gasteiger partial charge is 0.480 e. The highest BCUT2D eigenvalue weighted by molar-refractivity contribution is 5.73. The van der Waals surface area contributed by atoms with Crippen molar-refractivity contribution in [3.05, 3.63) is 35.4 Å². The fourth-order valence-corrected chi connectivity index (χ4v) is 1.39. The van der Waals surface area contributed by atoms with Crippen LogP contribution in [-0.4, -0.2) is 17.1 Å². The summed E-state index contributed by atoms with van der Waals surface area (Å²) < 4.78 is 0. The zero-order valence-corrected chi connectivity index (χ0v) is 8.94. The van der Waals surface area contributed by atoms with Crippen molar-refractivity contribution in [2.24, 2.45) is 5.73 Å². The Kier molecular flexibility index (Phi) is 4.31. The first-order chi connectivity index (χ1) is 7.13. The lowest BCUT2D eigenvalue weighted by Crippen LogP contribution is -2.30. The predicted octanol–water partition coefficient (Wildman–Crippen LogP) is 1.59. The monoisotopic (exact) mass is 207 g/mol. The summed E-state index contributed by atoms with van der Waals surface area (Å²) in [6.07, 6.45) is 2.23.